The van der Waals surface area contributed by atoms with Crippen LogP contribution < -0.4 is 10.2 Å². The Morgan fingerprint density at radius 1 is 0.700 bits per heavy atom. The van der Waals surface area contributed by atoms with Crippen LogP contribution in [-0.4, -0.2) is 9.13 Å². The zero-order valence-electron chi connectivity index (χ0n) is 34.7. The molecule has 0 saturated carbocycles. The van der Waals surface area contributed by atoms with Crippen molar-refractivity contribution in [3.05, 3.63) is 242 Å². The molecule has 2 aromatic heterocycles. The lowest BCUT2D eigenvalue weighted by Gasteiger charge is -2.27. The molecular formula is C56H50N4. The van der Waals surface area contributed by atoms with Gasteiger partial charge >= 0.3 is 0 Å². The molecule has 0 saturated heterocycles. The van der Waals surface area contributed by atoms with Gasteiger partial charge in [-0.05, 0) is 109 Å². The van der Waals surface area contributed by atoms with E-state index in [-0.39, 0.29) is 0 Å². The molecule has 0 unspecified atom stereocenters. The number of aromatic nitrogens is 2. The lowest BCUT2D eigenvalue weighted by Crippen LogP contribution is -2.20. The van der Waals surface area contributed by atoms with Gasteiger partial charge in [0.05, 0.1) is 16.6 Å². The van der Waals surface area contributed by atoms with Crippen LogP contribution in [0.4, 0.5) is 11.4 Å². The molecule has 0 atom stereocenters. The van der Waals surface area contributed by atoms with Crippen LogP contribution in [0.25, 0.3) is 54.9 Å². The van der Waals surface area contributed by atoms with Gasteiger partial charge in [0.25, 0.3) is 0 Å². The highest BCUT2D eigenvalue weighted by Gasteiger charge is 2.21. The minimum absolute atomic E-state index is 0.786. The topological polar surface area (TPSA) is 25.1 Å². The van der Waals surface area contributed by atoms with E-state index in [0.717, 1.165) is 57.1 Å². The summed E-state index contributed by atoms with van der Waals surface area (Å²) in [6.45, 7) is 21.0. The van der Waals surface area contributed by atoms with Crippen molar-refractivity contribution in [2.45, 2.75) is 20.3 Å². The standard InChI is InChI=1S/C56H50N4/c1-8-20-43(11-4)59(44-23-14-13-15-24-44)46-34-31-41(38-46)40-29-32-42(33-30-40)57-51(22-10-3)47(12-5)39(6)37-45(21-9-2)60-53-28-19-17-26-50(53)55-54(60)36-35-49-48-25-16-18-27-52(48)58(7)56(49)55/h8-37,57H,1,4-6,38H2,2-3,7H3/b21-9-,22-10-,43-20+,45-37+,51-47-. The van der Waals surface area contributed by atoms with E-state index in [4.69, 9.17) is 0 Å². The number of aryl methyl sites for hydroxylation is 1. The predicted octanol–water partition coefficient (Wildman–Crippen LogP) is 15.0. The van der Waals surface area contributed by atoms with Gasteiger partial charge in [0.15, 0.2) is 0 Å². The maximum Gasteiger partial charge on any atom is 0.0590 e. The lowest BCUT2D eigenvalue weighted by atomic mass is 10.0. The molecule has 0 fully saturated rings. The second-order valence-corrected chi connectivity index (χ2v) is 14.8. The van der Waals surface area contributed by atoms with E-state index in [2.05, 4.69) is 205 Å². The molecule has 294 valence electrons. The van der Waals surface area contributed by atoms with Crippen molar-refractivity contribution in [2.75, 3.05) is 10.2 Å². The maximum absolute atomic E-state index is 4.63. The van der Waals surface area contributed by atoms with Crippen molar-refractivity contribution < 1.29 is 0 Å². The SMILES string of the molecule is C=C/C=C(\C=C)N(C1=CC=C(c2ccc(NC(/C=C\C)=C(/C=C)C(=C)/C=C(\C=C/C)n3c4ccccc4c4c5c(ccc43)c3ccccc3n5C)cc2)C1)c1ccccc1. The van der Waals surface area contributed by atoms with E-state index in [0.29, 0.717) is 0 Å². The zero-order chi connectivity index (χ0) is 41.8. The normalized spacial score (nSPS) is 14.0. The highest BCUT2D eigenvalue weighted by atomic mass is 15.2. The first-order valence-corrected chi connectivity index (χ1v) is 20.4. The highest BCUT2D eigenvalue weighted by molar-refractivity contribution is 6.26. The molecule has 8 rings (SSSR count). The number of para-hydroxylation sites is 3. The first-order chi connectivity index (χ1) is 29.4. The van der Waals surface area contributed by atoms with Crippen LogP contribution in [0.3, 0.4) is 0 Å². The van der Waals surface area contributed by atoms with Crippen molar-refractivity contribution >= 4 is 66.3 Å². The molecule has 7 aromatic rings. The van der Waals surface area contributed by atoms with Gasteiger partial charge in [-0.25, -0.2) is 0 Å². The summed E-state index contributed by atoms with van der Waals surface area (Å²) in [5.41, 5.74) is 15.0. The number of nitrogens with one attached hydrogen (secondary N) is 1. The molecule has 4 heteroatoms. The fourth-order valence-electron chi connectivity index (χ4n) is 8.59. The van der Waals surface area contributed by atoms with Crippen molar-refractivity contribution in [3.8, 4) is 0 Å². The summed E-state index contributed by atoms with van der Waals surface area (Å²) < 4.78 is 4.70. The van der Waals surface area contributed by atoms with E-state index in [1.54, 1.807) is 6.08 Å². The van der Waals surface area contributed by atoms with E-state index in [1.165, 1.54) is 49.4 Å². The summed E-state index contributed by atoms with van der Waals surface area (Å²) in [4.78, 5) is 2.24. The average molecular weight is 779 g/mol. The summed E-state index contributed by atoms with van der Waals surface area (Å²) >= 11 is 0. The van der Waals surface area contributed by atoms with Crippen LogP contribution in [0, 0.1) is 0 Å². The second kappa shape index (κ2) is 17.1. The van der Waals surface area contributed by atoms with Gasteiger partial charge in [0.2, 0.25) is 0 Å². The lowest BCUT2D eigenvalue weighted by molar-refractivity contribution is 1.02. The first kappa shape index (κ1) is 39.3. The van der Waals surface area contributed by atoms with Gasteiger partial charge in [-0.2, -0.15) is 0 Å². The smallest absolute Gasteiger partial charge is 0.0590 e. The minimum atomic E-state index is 0.786. The molecule has 0 radical (unpaired) electrons. The van der Waals surface area contributed by atoms with Gasteiger partial charge < -0.3 is 19.4 Å². The Hall–Kier alpha value is -7.56. The molecule has 0 amide bonds. The number of fused-ring (bicyclic) bond motifs is 7. The molecular weight excluding hydrogens is 729 g/mol. The van der Waals surface area contributed by atoms with Crippen LogP contribution >= 0.6 is 0 Å². The van der Waals surface area contributed by atoms with Crippen molar-refractivity contribution in [1.29, 1.82) is 0 Å². The highest BCUT2D eigenvalue weighted by Crippen LogP contribution is 2.41. The largest absolute Gasteiger partial charge is 0.355 e. The van der Waals surface area contributed by atoms with E-state index >= 15 is 0 Å². The third-order valence-electron chi connectivity index (χ3n) is 11.2. The average Bonchev–Trinajstić information content (AvgIpc) is 3.97. The minimum Gasteiger partial charge on any atom is -0.355 e. The summed E-state index contributed by atoms with van der Waals surface area (Å²) in [6, 6.07) is 40.9. The predicted molar refractivity (Wildman–Crippen MR) is 262 cm³/mol. The fraction of sp³-hybridized carbons (Fsp3) is 0.0714. The van der Waals surface area contributed by atoms with Crippen LogP contribution in [0.15, 0.2) is 237 Å². The molecule has 60 heavy (non-hydrogen) atoms. The molecule has 0 bridgehead atoms. The third-order valence-corrected chi connectivity index (χ3v) is 11.2. The molecule has 1 aliphatic rings. The van der Waals surface area contributed by atoms with Crippen molar-refractivity contribution in [3.63, 3.8) is 0 Å². The van der Waals surface area contributed by atoms with Crippen LogP contribution in [-0.2, 0) is 7.05 Å². The molecule has 0 aliphatic heterocycles. The van der Waals surface area contributed by atoms with E-state index < -0.39 is 0 Å². The van der Waals surface area contributed by atoms with Crippen molar-refractivity contribution in [1.82, 2.24) is 9.13 Å². The van der Waals surface area contributed by atoms with Crippen LogP contribution in [0.2, 0.25) is 0 Å². The zero-order valence-corrected chi connectivity index (χ0v) is 34.7. The molecule has 5 aromatic carbocycles. The Morgan fingerprint density at radius 3 is 2.10 bits per heavy atom. The number of nitrogens with zero attached hydrogens (tertiary/aromatic N) is 3. The monoisotopic (exact) mass is 778 g/mol. The van der Waals surface area contributed by atoms with Gasteiger partial charge in [-0.1, -0.05) is 129 Å². The quantitative estimate of drug-likeness (QED) is 0.111. The van der Waals surface area contributed by atoms with E-state index in [9.17, 15) is 0 Å². The summed E-state index contributed by atoms with van der Waals surface area (Å²) in [7, 11) is 2.17. The number of rotatable bonds is 14. The van der Waals surface area contributed by atoms with Gasteiger partial charge in [-0.3, -0.25) is 0 Å². The Kier molecular flexibility index (Phi) is 11.2. The van der Waals surface area contributed by atoms with Crippen LogP contribution in [0.5, 0.6) is 0 Å². The number of hydrogen-bond acceptors (Lipinski definition) is 2. The Balaban J connectivity index is 1.11. The summed E-state index contributed by atoms with van der Waals surface area (Å²) in [5, 5.41) is 8.66. The summed E-state index contributed by atoms with van der Waals surface area (Å²) in [6.07, 6.45) is 23.3. The molecule has 1 aliphatic carbocycles. The van der Waals surface area contributed by atoms with Gasteiger partial charge in [0.1, 0.15) is 0 Å². The van der Waals surface area contributed by atoms with Gasteiger partial charge in [0, 0.05) is 80.3 Å². The van der Waals surface area contributed by atoms with Crippen molar-refractivity contribution in [2.24, 2.45) is 7.05 Å². The van der Waals surface area contributed by atoms with Crippen LogP contribution in [0.1, 0.15) is 25.8 Å². The first-order valence-electron chi connectivity index (χ1n) is 20.4. The third kappa shape index (κ3) is 7.14. The van der Waals surface area contributed by atoms with E-state index in [1.807, 2.05) is 37.3 Å². The Labute approximate surface area is 353 Å². The number of hydrogen-bond donors (Lipinski definition) is 1. The Morgan fingerprint density at radius 2 is 1.40 bits per heavy atom. The number of benzene rings is 5. The molecule has 1 N–H and O–H groups in total. The molecule has 0 spiro atoms. The molecule has 2 heterocycles. The van der Waals surface area contributed by atoms with Gasteiger partial charge in [-0.15, -0.1) is 0 Å². The maximum atomic E-state index is 4.63. The molecule has 4 nitrogen and oxygen atoms in total. The fourth-order valence-corrected chi connectivity index (χ4v) is 8.59. The number of allylic oxidation sites excluding steroid dienone is 15. The summed E-state index contributed by atoms with van der Waals surface area (Å²) in [5.74, 6) is 0. The second-order valence-electron chi connectivity index (χ2n) is 14.8. The number of anilines is 2. The Bertz CT molecular complexity index is 3050.